The Balaban J connectivity index is 2.48. The molecule has 4 nitrogen and oxygen atoms in total. The van der Waals surface area contributed by atoms with E-state index in [0.717, 1.165) is 25.7 Å². The second kappa shape index (κ2) is 9.05. The Morgan fingerprint density at radius 2 is 2.05 bits per heavy atom. The Kier molecular flexibility index (Phi) is 7.75. The summed E-state index contributed by atoms with van der Waals surface area (Å²) in [5.74, 6) is 3.20. The van der Waals surface area contributed by atoms with Gasteiger partial charge in [-0.05, 0) is 46.0 Å². The monoisotopic (exact) mass is 308 g/mol. The van der Waals surface area contributed by atoms with E-state index in [1.54, 1.807) is 0 Å². The van der Waals surface area contributed by atoms with Crippen molar-refractivity contribution in [2.24, 2.45) is 5.92 Å². The Morgan fingerprint density at radius 1 is 1.36 bits per heavy atom. The van der Waals surface area contributed by atoms with Crippen molar-refractivity contribution < 1.29 is 9.53 Å². The molecule has 22 heavy (non-hydrogen) atoms. The molecule has 126 valence electrons. The number of hydrogen-bond acceptors (Lipinski definition) is 3. The lowest BCUT2D eigenvalue weighted by Crippen LogP contribution is -2.48. The minimum Gasteiger partial charge on any atom is -0.444 e. The molecule has 3 unspecified atom stereocenters. The summed E-state index contributed by atoms with van der Waals surface area (Å²) in [6.07, 6.45) is 11.7. The number of amides is 1. The predicted molar refractivity (Wildman–Crippen MR) is 90.6 cm³/mol. The Morgan fingerprint density at radius 3 is 2.64 bits per heavy atom. The zero-order valence-corrected chi connectivity index (χ0v) is 14.6. The van der Waals surface area contributed by atoms with E-state index < -0.39 is 5.60 Å². The molecule has 0 heterocycles. The van der Waals surface area contributed by atoms with E-state index in [1.807, 2.05) is 20.8 Å². The molecule has 1 aliphatic rings. The summed E-state index contributed by atoms with van der Waals surface area (Å²) in [5.41, 5.74) is -0.450. The highest BCUT2D eigenvalue weighted by molar-refractivity contribution is 5.67. The van der Waals surface area contributed by atoms with E-state index >= 15 is 0 Å². The van der Waals surface area contributed by atoms with Gasteiger partial charge in [-0.3, -0.25) is 0 Å². The fourth-order valence-electron chi connectivity index (χ4n) is 2.97. The first-order valence-corrected chi connectivity index (χ1v) is 8.52. The van der Waals surface area contributed by atoms with Gasteiger partial charge in [-0.1, -0.05) is 19.8 Å². The molecule has 4 heteroatoms. The lowest BCUT2D eigenvalue weighted by atomic mass is 9.83. The molecule has 3 atom stereocenters. The van der Waals surface area contributed by atoms with Crippen molar-refractivity contribution in [2.45, 2.75) is 83.9 Å². The molecule has 2 N–H and O–H groups in total. The molecule has 0 aromatic heterocycles. The number of ether oxygens (including phenoxy) is 1. The molecule has 1 rings (SSSR count). The van der Waals surface area contributed by atoms with Crippen LogP contribution in [0.4, 0.5) is 4.79 Å². The van der Waals surface area contributed by atoms with Crippen LogP contribution in [0.2, 0.25) is 0 Å². The van der Waals surface area contributed by atoms with E-state index in [1.165, 1.54) is 12.8 Å². The number of carbonyl (C=O) groups is 1. The molecule has 0 bridgehead atoms. The van der Waals surface area contributed by atoms with Crippen LogP contribution in [0.3, 0.4) is 0 Å². The van der Waals surface area contributed by atoms with Crippen LogP contribution < -0.4 is 10.6 Å². The Labute approximate surface area is 135 Å². The van der Waals surface area contributed by atoms with Crippen molar-refractivity contribution in [1.82, 2.24) is 10.6 Å². The summed E-state index contributed by atoms with van der Waals surface area (Å²) in [7, 11) is 0. The summed E-state index contributed by atoms with van der Waals surface area (Å²) >= 11 is 0. The topological polar surface area (TPSA) is 50.4 Å². The van der Waals surface area contributed by atoms with Gasteiger partial charge < -0.3 is 15.4 Å². The number of nitrogens with one attached hydrogen (secondary N) is 2. The van der Waals surface area contributed by atoms with Crippen LogP contribution in [0.5, 0.6) is 0 Å². The smallest absolute Gasteiger partial charge is 0.407 e. The number of hydrogen-bond donors (Lipinski definition) is 2. The van der Waals surface area contributed by atoms with Crippen molar-refractivity contribution >= 4 is 6.09 Å². The fourth-order valence-corrected chi connectivity index (χ4v) is 2.97. The van der Waals surface area contributed by atoms with Crippen LogP contribution in [-0.2, 0) is 4.74 Å². The standard InChI is InChI=1S/C18H32N2O2/c1-6-10-15(7-2)20-16-12-9-8-11-14(16)13-19-17(21)22-18(3,4)5/h1,14-16,20H,7-13H2,2-5H3,(H,19,21). The van der Waals surface area contributed by atoms with Gasteiger partial charge in [-0.15, -0.1) is 12.3 Å². The highest BCUT2D eigenvalue weighted by atomic mass is 16.6. The Hall–Kier alpha value is -1.21. The summed E-state index contributed by atoms with van der Waals surface area (Å²) in [5, 5.41) is 6.61. The summed E-state index contributed by atoms with van der Waals surface area (Å²) in [6, 6.07) is 0.805. The third-order valence-corrected chi connectivity index (χ3v) is 4.12. The number of alkyl carbamates (subject to hydrolysis) is 1. The van der Waals surface area contributed by atoms with Crippen LogP contribution in [-0.4, -0.2) is 30.3 Å². The quantitative estimate of drug-likeness (QED) is 0.739. The molecule has 1 amide bonds. The fraction of sp³-hybridized carbons (Fsp3) is 0.833. The van der Waals surface area contributed by atoms with E-state index in [9.17, 15) is 4.79 Å². The third kappa shape index (κ3) is 7.17. The van der Waals surface area contributed by atoms with Gasteiger partial charge in [-0.25, -0.2) is 4.79 Å². The van der Waals surface area contributed by atoms with Gasteiger partial charge in [0, 0.05) is 25.0 Å². The molecule has 0 saturated heterocycles. The normalized spacial score (nSPS) is 23.4. The maximum absolute atomic E-state index is 11.8. The van der Waals surface area contributed by atoms with Gasteiger partial charge in [-0.2, -0.15) is 0 Å². The van der Waals surface area contributed by atoms with E-state index in [0.29, 0.717) is 24.5 Å². The molecule has 0 aliphatic heterocycles. The van der Waals surface area contributed by atoms with E-state index in [2.05, 4.69) is 23.5 Å². The minimum atomic E-state index is -0.450. The average Bonchev–Trinajstić information content (AvgIpc) is 2.44. The first kappa shape index (κ1) is 18.8. The molecule has 1 aliphatic carbocycles. The van der Waals surface area contributed by atoms with E-state index in [4.69, 9.17) is 11.2 Å². The van der Waals surface area contributed by atoms with E-state index in [-0.39, 0.29) is 6.09 Å². The summed E-state index contributed by atoms with van der Waals surface area (Å²) in [4.78, 5) is 11.8. The maximum atomic E-state index is 11.8. The summed E-state index contributed by atoms with van der Waals surface area (Å²) in [6.45, 7) is 8.46. The highest BCUT2D eigenvalue weighted by Crippen LogP contribution is 2.25. The van der Waals surface area contributed by atoms with Crippen molar-refractivity contribution in [1.29, 1.82) is 0 Å². The SMILES string of the molecule is C#CCC(CC)NC1CCCCC1CNC(=O)OC(C)(C)C. The molecule has 1 fully saturated rings. The number of rotatable bonds is 6. The third-order valence-electron chi connectivity index (χ3n) is 4.12. The van der Waals surface area contributed by atoms with Crippen molar-refractivity contribution in [3.63, 3.8) is 0 Å². The van der Waals surface area contributed by atoms with Gasteiger partial charge in [0.25, 0.3) is 0 Å². The predicted octanol–water partition coefficient (Wildman–Crippen LogP) is 3.46. The molecule has 0 spiro atoms. The number of carbonyl (C=O) groups excluding carboxylic acids is 1. The molecule has 0 radical (unpaired) electrons. The Bertz CT molecular complexity index is 382. The first-order chi connectivity index (χ1) is 10.4. The minimum absolute atomic E-state index is 0.326. The second-order valence-electron chi connectivity index (χ2n) is 7.21. The second-order valence-corrected chi connectivity index (χ2v) is 7.21. The van der Waals surface area contributed by atoms with Crippen LogP contribution in [0.15, 0.2) is 0 Å². The first-order valence-electron chi connectivity index (χ1n) is 8.52. The molecular formula is C18H32N2O2. The molecular weight excluding hydrogens is 276 g/mol. The van der Waals surface area contributed by atoms with Crippen LogP contribution in [0.25, 0.3) is 0 Å². The van der Waals surface area contributed by atoms with Crippen molar-refractivity contribution in [3.8, 4) is 12.3 Å². The zero-order chi connectivity index (χ0) is 16.6. The van der Waals surface area contributed by atoms with Gasteiger partial charge in [0.1, 0.15) is 5.60 Å². The van der Waals surface area contributed by atoms with Gasteiger partial charge in [0.15, 0.2) is 0 Å². The van der Waals surface area contributed by atoms with Gasteiger partial charge >= 0.3 is 6.09 Å². The average molecular weight is 308 g/mol. The van der Waals surface area contributed by atoms with Gasteiger partial charge in [0.05, 0.1) is 0 Å². The highest BCUT2D eigenvalue weighted by Gasteiger charge is 2.27. The number of terminal acetylenes is 1. The van der Waals surface area contributed by atoms with Crippen LogP contribution in [0, 0.1) is 18.3 Å². The van der Waals surface area contributed by atoms with Crippen LogP contribution >= 0.6 is 0 Å². The largest absolute Gasteiger partial charge is 0.444 e. The van der Waals surface area contributed by atoms with Crippen molar-refractivity contribution in [2.75, 3.05) is 6.54 Å². The maximum Gasteiger partial charge on any atom is 0.407 e. The van der Waals surface area contributed by atoms with Crippen LogP contribution in [0.1, 0.15) is 66.2 Å². The van der Waals surface area contributed by atoms with Gasteiger partial charge in [0.2, 0.25) is 0 Å². The molecule has 1 saturated carbocycles. The zero-order valence-electron chi connectivity index (χ0n) is 14.6. The molecule has 0 aromatic rings. The molecule has 0 aromatic carbocycles. The lowest BCUT2D eigenvalue weighted by molar-refractivity contribution is 0.0510. The summed E-state index contributed by atoms with van der Waals surface area (Å²) < 4.78 is 5.31. The lowest BCUT2D eigenvalue weighted by Gasteiger charge is -2.35. The van der Waals surface area contributed by atoms with Crippen molar-refractivity contribution in [3.05, 3.63) is 0 Å².